The molecule has 0 amide bonds. The third-order valence-corrected chi connectivity index (χ3v) is 12.9. The number of fused-ring (bicyclic) bond motifs is 2. The van der Waals surface area contributed by atoms with Crippen LogP contribution >= 0.6 is 15.9 Å². The third kappa shape index (κ3) is 10.3. The molecular formula is C52H49BrF6N2O4. The number of β-amino-alcohol motifs (C(OH)–C–C–N with tert-alkyl or cyclic N) is 2. The Morgan fingerprint density at radius 3 is 1.48 bits per heavy atom. The molecule has 0 saturated carbocycles. The number of rotatable bonds is 11. The molecule has 8 rings (SSSR count). The molecule has 0 spiro atoms. The van der Waals surface area contributed by atoms with Crippen molar-refractivity contribution < 1.29 is 46.1 Å². The first-order chi connectivity index (χ1) is 30.8. The molecule has 0 radical (unpaired) electrons. The second-order valence-corrected chi connectivity index (χ2v) is 17.9. The number of aryl methyl sites for hydroxylation is 2. The number of carbonyl (C=O) groups excluding carboxylic acids is 1. The molecule has 0 bridgehead atoms. The molecule has 13 heteroatoms. The Labute approximate surface area is 383 Å². The van der Waals surface area contributed by atoms with E-state index in [1.54, 1.807) is 40.1 Å². The predicted octanol–water partition coefficient (Wildman–Crippen LogP) is 11.1. The van der Waals surface area contributed by atoms with Gasteiger partial charge < -0.3 is 24.7 Å². The number of para-hydroxylation sites is 2. The van der Waals surface area contributed by atoms with Gasteiger partial charge in [0, 0.05) is 39.8 Å². The maximum atomic E-state index is 13.2. The number of anilines is 2. The highest BCUT2D eigenvalue weighted by Crippen LogP contribution is 2.49. The Balaban J connectivity index is 0.000000195. The number of halogens is 7. The lowest BCUT2D eigenvalue weighted by atomic mass is 9.71. The molecule has 2 aliphatic heterocycles. The van der Waals surface area contributed by atoms with E-state index >= 15 is 0 Å². The predicted molar refractivity (Wildman–Crippen MR) is 245 cm³/mol. The van der Waals surface area contributed by atoms with Gasteiger partial charge in [0.1, 0.15) is 0 Å². The number of aliphatic hydroxyl groups excluding tert-OH is 2. The molecule has 2 aliphatic rings. The lowest BCUT2D eigenvalue weighted by molar-refractivity contribution is -0.200. The van der Waals surface area contributed by atoms with E-state index in [2.05, 4.69) is 22.0 Å². The van der Waals surface area contributed by atoms with Crippen LogP contribution in [0.1, 0.15) is 54.9 Å². The summed E-state index contributed by atoms with van der Waals surface area (Å²) in [6.45, 7) is 3.55. The zero-order valence-electron chi connectivity index (χ0n) is 36.0. The third-order valence-electron chi connectivity index (χ3n) is 12.4. The van der Waals surface area contributed by atoms with Crippen molar-refractivity contribution in [1.29, 1.82) is 0 Å². The topological polar surface area (TPSA) is 73.2 Å². The van der Waals surface area contributed by atoms with Gasteiger partial charge in [-0.1, -0.05) is 136 Å². The van der Waals surface area contributed by atoms with Crippen molar-refractivity contribution in [2.45, 2.75) is 62.1 Å². The van der Waals surface area contributed by atoms with Gasteiger partial charge in [0.2, 0.25) is 0 Å². The first-order valence-corrected chi connectivity index (χ1v) is 21.9. The fourth-order valence-electron chi connectivity index (χ4n) is 9.41. The number of ether oxygens (including phenoxy) is 1. The molecule has 6 aromatic carbocycles. The molecule has 4 atom stereocenters. The van der Waals surface area contributed by atoms with E-state index in [4.69, 9.17) is 4.74 Å². The minimum Gasteiger partial charge on any atom is -0.465 e. The maximum Gasteiger partial charge on any atom is 0.416 e. The molecule has 2 heterocycles. The molecule has 0 fully saturated rings. The fourth-order valence-corrected chi connectivity index (χ4v) is 9.85. The zero-order valence-corrected chi connectivity index (χ0v) is 37.6. The number of hydrogen-bond donors (Lipinski definition) is 2. The van der Waals surface area contributed by atoms with Crippen molar-refractivity contribution >= 4 is 33.3 Å². The summed E-state index contributed by atoms with van der Waals surface area (Å²) in [5.41, 5.74) is 8.57. The summed E-state index contributed by atoms with van der Waals surface area (Å²) in [5.74, 6) is -0.451. The number of esters is 1. The Morgan fingerprint density at radius 2 is 1.05 bits per heavy atom. The summed E-state index contributed by atoms with van der Waals surface area (Å²) in [6.07, 6.45) is -13.1. The first-order valence-electron chi connectivity index (χ1n) is 21.1. The minimum atomic E-state index is -4.71. The van der Waals surface area contributed by atoms with Crippen molar-refractivity contribution in [1.82, 2.24) is 0 Å². The minimum absolute atomic E-state index is 0.255. The van der Waals surface area contributed by atoms with Crippen molar-refractivity contribution in [3.05, 3.63) is 200 Å². The van der Waals surface area contributed by atoms with Crippen LogP contribution in [0.3, 0.4) is 0 Å². The highest BCUT2D eigenvalue weighted by molar-refractivity contribution is 9.10. The van der Waals surface area contributed by atoms with Gasteiger partial charge >= 0.3 is 18.3 Å². The average molecular weight is 960 g/mol. The van der Waals surface area contributed by atoms with Gasteiger partial charge in [0.05, 0.1) is 25.8 Å². The summed E-state index contributed by atoms with van der Waals surface area (Å²) in [4.78, 5) is 15.4. The second kappa shape index (κ2) is 19.1. The van der Waals surface area contributed by atoms with Crippen LogP contribution in [0, 0.1) is 13.8 Å². The summed E-state index contributed by atoms with van der Waals surface area (Å²) in [7, 11) is 1.32. The molecule has 0 aliphatic carbocycles. The van der Waals surface area contributed by atoms with E-state index < -0.39 is 54.4 Å². The zero-order chi connectivity index (χ0) is 46.7. The first kappa shape index (κ1) is 47.3. The largest absolute Gasteiger partial charge is 0.465 e. The van der Waals surface area contributed by atoms with Gasteiger partial charge in [-0.3, -0.25) is 0 Å². The number of aliphatic hydroxyl groups is 2. The van der Waals surface area contributed by atoms with Gasteiger partial charge in [-0.25, -0.2) is 4.79 Å². The van der Waals surface area contributed by atoms with Gasteiger partial charge in [0.15, 0.2) is 12.2 Å². The highest BCUT2D eigenvalue weighted by Gasteiger charge is 2.49. The van der Waals surface area contributed by atoms with E-state index in [-0.39, 0.29) is 6.54 Å². The smallest absolute Gasteiger partial charge is 0.416 e. The monoisotopic (exact) mass is 958 g/mol. The normalized spacial score (nSPS) is 18.9. The van der Waals surface area contributed by atoms with Crippen LogP contribution in [0.25, 0.3) is 0 Å². The summed E-state index contributed by atoms with van der Waals surface area (Å²) < 4.78 is 85.0. The number of alkyl halides is 6. The Hall–Kier alpha value is -5.63. The second-order valence-electron chi connectivity index (χ2n) is 17.0. The fraction of sp³-hybridized carbons (Fsp3) is 0.288. The Kier molecular flexibility index (Phi) is 13.9. The SMILES string of the molecule is COC(=O)c1cccc(CC2(c3cccc(C)c3)CN(C[C@@H](O)C(F)(F)F)c3ccccc32)c1.Cc1cccc(C2(Cc3cccc(Br)c3)CN(C[C@@H](O)C(F)(F)F)c3ccccc32)c1. The maximum absolute atomic E-state index is 13.2. The van der Waals surface area contributed by atoms with E-state index in [1.165, 1.54) is 7.11 Å². The van der Waals surface area contributed by atoms with Crippen molar-refractivity contribution in [2.24, 2.45) is 0 Å². The Bertz CT molecular complexity index is 2640. The molecule has 2 N–H and O–H groups in total. The number of hydrogen-bond acceptors (Lipinski definition) is 6. The summed E-state index contributed by atoms with van der Waals surface area (Å²) in [5, 5.41) is 19.7. The van der Waals surface area contributed by atoms with Crippen molar-refractivity contribution in [3.63, 3.8) is 0 Å². The van der Waals surface area contributed by atoms with Gasteiger partial charge in [-0.2, -0.15) is 26.3 Å². The van der Waals surface area contributed by atoms with E-state index in [0.717, 1.165) is 54.7 Å². The van der Waals surface area contributed by atoms with E-state index in [1.807, 2.05) is 123 Å². The van der Waals surface area contributed by atoms with Crippen molar-refractivity contribution in [2.75, 3.05) is 43.1 Å². The van der Waals surface area contributed by atoms with Crippen LogP contribution in [0.15, 0.2) is 150 Å². The Morgan fingerprint density at radius 1 is 0.615 bits per heavy atom. The average Bonchev–Trinajstić information content (AvgIpc) is 3.75. The molecule has 0 saturated heterocycles. The van der Waals surface area contributed by atoms with Crippen LogP contribution in [-0.2, 0) is 28.4 Å². The van der Waals surface area contributed by atoms with Crippen LogP contribution in [-0.4, -0.2) is 74.0 Å². The van der Waals surface area contributed by atoms with Crippen LogP contribution in [0.4, 0.5) is 37.7 Å². The molecule has 0 aromatic heterocycles. The molecule has 2 unspecified atom stereocenters. The molecular weight excluding hydrogens is 910 g/mol. The number of nitrogens with zero attached hydrogens (tertiary/aromatic N) is 2. The molecule has 6 aromatic rings. The van der Waals surface area contributed by atoms with E-state index in [9.17, 15) is 41.4 Å². The van der Waals surface area contributed by atoms with Crippen LogP contribution in [0.2, 0.25) is 0 Å². The number of benzene rings is 6. The molecule has 65 heavy (non-hydrogen) atoms. The van der Waals surface area contributed by atoms with Crippen molar-refractivity contribution in [3.8, 4) is 0 Å². The lowest BCUT2D eigenvalue weighted by Crippen LogP contribution is -2.44. The van der Waals surface area contributed by atoms with Crippen LogP contribution < -0.4 is 9.80 Å². The lowest BCUT2D eigenvalue weighted by Gasteiger charge is -2.33. The quantitative estimate of drug-likeness (QED) is 0.0996. The number of carbonyl (C=O) groups is 1. The summed E-state index contributed by atoms with van der Waals surface area (Å²) >= 11 is 3.53. The highest BCUT2D eigenvalue weighted by atomic mass is 79.9. The number of methoxy groups -OCH3 is 1. The summed E-state index contributed by atoms with van der Waals surface area (Å²) in [6, 6.07) is 46.2. The molecule has 340 valence electrons. The van der Waals surface area contributed by atoms with E-state index in [0.29, 0.717) is 30.6 Å². The molecule has 6 nitrogen and oxygen atoms in total. The van der Waals surface area contributed by atoms with Crippen LogP contribution in [0.5, 0.6) is 0 Å². The van der Waals surface area contributed by atoms with Gasteiger partial charge in [0.25, 0.3) is 0 Å². The van der Waals surface area contributed by atoms with Gasteiger partial charge in [-0.15, -0.1) is 0 Å². The standard InChI is InChI=1S/C27H26F3NO3.C25H23BrF3NO/c1-18-7-5-10-21(13-18)26(15-19-8-6-9-20(14-19)25(33)34-2)17-31(16-24(32)27(28,29)30)23-12-4-3-11-22(23)26;1-17-6-4-8-19(12-17)24(14-18-7-5-9-20(26)13-18)16-30(15-23(31)25(27,28)29)22-11-3-2-10-21(22)24/h3-14,24,32H,15-17H2,1-2H3;2-13,23,31H,14-16H2,1H3/t24-,26?;23-,24?/m11/s1. The van der Waals surface area contributed by atoms with Gasteiger partial charge in [-0.05, 0) is 96.5 Å².